The van der Waals surface area contributed by atoms with E-state index in [-0.39, 0.29) is 23.2 Å². The molecule has 0 radical (unpaired) electrons. The molecule has 0 aromatic heterocycles. The molecule has 0 spiro atoms. The molecule has 1 heterocycles. The molecule has 0 aliphatic carbocycles. The SMILES string of the molecule is CC(=O)CCCCCCCCCCCCCCCCCNC(=O)SC1CCCOC1COC=O. The van der Waals surface area contributed by atoms with Crippen LogP contribution in [0, 0.1) is 0 Å². The van der Waals surface area contributed by atoms with Crippen molar-refractivity contribution in [3.05, 3.63) is 0 Å². The van der Waals surface area contributed by atoms with Crippen LogP contribution < -0.4 is 5.32 Å². The van der Waals surface area contributed by atoms with Crippen LogP contribution in [0.1, 0.15) is 122 Å². The maximum absolute atomic E-state index is 12.2. The van der Waals surface area contributed by atoms with Crippen molar-refractivity contribution in [2.24, 2.45) is 0 Å². The first-order valence-corrected chi connectivity index (χ1v) is 14.6. The third-order valence-corrected chi connectivity index (χ3v) is 7.64. The molecule has 7 heteroatoms. The van der Waals surface area contributed by atoms with Crippen LogP contribution in [0.4, 0.5) is 4.79 Å². The Bertz CT molecular complexity index is 531. The van der Waals surface area contributed by atoms with Crippen LogP contribution in [0.3, 0.4) is 0 Å². The number of amides is 1. The molecule has 1 amide bonds. The maximum atomic E-state index is 12.2. The highest BCUT2D eigenvalue weighted by Gasteiger charge is 2.29. The molecule has 0 aromatic rings. The Balaban J connectivity index is 1.82. The number of hydrogen-bond donors (Lipinski definition) is 1. The monoisotopic (exact) mass is 499 g/mol. The van der Waals surface area contributed by atoms with E-state index in [4.69, 9.17) is 9.47 Å². The first kappa shape index (κ1) is 31.0. The smallest absolute Gasteiger partial charge is 0.293 e. The summed E-state index contributed by atoms with van der Waals surface area (Å²) in [6.45, 7) is 3.73. The molecule has 0 saturated carbocycles. The number of carbonyl (C=O) groups excluding carboxylic acids is 3. The second-order valence-electron chi connectivity index (χ2n) is 9.61. The molecule has 2 unspecified atom stereocenters. The van der Waals surface area contributed by atoms with Gasteiger partial charge in [0, 0.05) is 24.8 Å². The lowest BCUT2D eigenvalue weighted by atomic mass is 10.0. The fourth-order valence-corrected chi connectivity index (χ4v) is 5.46. The van der Waals surface area contributed by atoms with Gasteiger partial charge in [-0.2, -0.15) is 0 Å². The normalized spacial score (nSPS) is 17.9. The van der Waals surface area contributed by atoms with Crippen molar-refractivity contribution >= 4 is 29.3 Å². The molecule has 198 valence electrons. The Labute approximate surface area is 212 Å². The van der Waals surface area contributed by atoms with Gasteiger partial charge in [0.05, 0.1) is 0 Å². The Kier molecular flexibility index (Phi) is 20.4. The van der Waals surface area contributed by atoms with Crippen molar-refractivity contribution in [3.8, 4) is 0 Å². The van der Waals surface area contributed by atoms with Crippen LogP contribution in [0.5, 0.6) is 0 Å². The molecule has 6 nitrogen and oxygen atoms in total. The van der Waals surface area contributed by atoms with Gasteiger partial charge in [0.25, 0.3) is 11.7 Å². The van der Waals surface area contributed by atoms with Crippen LogP contribution in [0.15, 0.2) is 0 Å². The maximum Gasteiger partial charge on any atom is 0.293 e. The van der Waals surface area contributed by atoms with Gasteiger partial charge in [-0.1, -0.05) is 95.2 Å². The van der Waals surface area contributed by atoms with Crippen molar-refractivity contribution in [3.63, 3.8) is 0 Å². The van der Waals surface area contributed by atoms with Crippen molar-refractivity contribution in [1.82, 2.24) is 5.32 Å². The van der Waals surface area contributed by atoms with Gasteiger partial charge in [0.2, 0.25) is 0 Å². The van der Waals surface area contributed by atoms with Gasteiger partial charge >= 0.3 is 0 Å². The molecule has 1 rings (SSSR count). The van der Waals surface area contributed by atoms with E-state index in [0.29, 0.717) is 18.9 Å². The third kappa shape index (κ3) is 18.3. The first-order valence-electron chi connectivity index (χ1n) is 13.7. The Hall–Kier alpha value is -1.08. The Morgan fingerprint density at radius 1 is 0.882 bits per heavy atom. The number of nitrogens with one attached hydrogen (secondary N) is 1. The topological polar surface area (TPSA) is 81.7 Å². The van der Waals surface area contributed by atoms with E-state index in [1.54, 1.807) is 6.92 Å². The summed E-state index contributed by atoms with van der Waals surface area (Å²) in [7, 11) is 0. The van der Waals surface area contributed by atoms with Crippen molar-refractivity contribution in [2.45, 2.75) is 134 Å². The molecule has 1 fully saturated rings. The van der Waals surface area contributed by atoms with Crippen LogP contribution in [0.2, 0.25) is 0 Å². The molecule has 0 bridgehead atoms. The number of unbranched alkanes of at least 4 members (excludes halogenated alkanes) is 14. The lowest BCUT2D eigenvalue weighted by molar-refractivity contribution is -0.133. The van der Waals surface area contributed by atoms with Crippen LogP contribution >= 0.6 is 11.8 Å². The minimum atomic E-state index is -0.191. The highest BCUT2D eigenvalue weighted by molar-refractivity contribution is 8.14. The summed E-state index contributed by atoms with van der Waals surface area (Å²) >= 11 is 1.29. The Morgan fingerprint density at radius 2 is 1.41 bits per heavy atom. The van der Waals surface area contributed by atoms with Gasteiger partial charge in [-0.05, 0) is 32.6 Å². The van der Waals surface area contributed by atoms with Crippen LogP contribution in [-0.4, -0.2) is 48.6 Å². The standard InChI is InChI=1S/C27H49NO5S/c1-24(30)18-15-13-11-9-7-5-3-2-4-6-8-10-12-14-16-20-28-27(31)34-26-19-17-21-33-25(26)22-32-23-29/h23,25-26H,2-22H2,1H3,(H,28,31). The van der Waals surface area contributed by atoms with E-state index < -0.39 is 0 Å². The fourth-order valence-electron chi connectivity index (χ4n) is 4.40. The lowest BCUT2D eigenvalue weighted by Gasteiger charge is -2.29. The summed E-state index contributed by atoms with van der Waals surface area (Å²) in [6.07, 6.45) is 21.5. The number of rotatable bonds is 22. The third-order valence-electron chi connectivity index (χ3n) is 6.44. The van der Waals surface area contributed by atoms with E-state index in [9.17, 15) is 14.4 Å². The average Bonchev–Trinajstić information content (AvgIpc) is 2.82. The number of thioether (sulfide) groups is 1. The van der Waals surface area contributed by atoms with Crippen molar-refractivity contribution < 1.29 is 23.9 Å². The van der Waals surface area contributed by atoms with Gasteiger partial charge in [-0.3, -0.25) is 9.59 Å². The second kappa shape index (κ2) is 22.4. The molecule has 2 atom stereocenters. The predicted molar refractivity (Wildman–Crippen MR) is 140 cm³/mol. The van der Waals surface area contributed by atoms with Crippen molar-refractivity contribution in [2.75, 3.05) is 19.8 Å². The number of Topliss-reactive ketones (excluding diaryl/α,β-unsaturated/α-hetero) is 1. The molecule has 34 heavy (non-hydrogen) atoms. The lowest BCUT2D eigenvalue weighted by Crippen LogP contribution is -2.37. The zero-order valence-electron chi connectivity index (χ0n) is 21.5. The van der Waals surface area contributed by atoms with Gasteiger partial charge in [0.1, 0.15) is 18.5 Å². The number of ketones is 1. The average molecular weight is 500 g/mol. The highest BCUT2D eigenvalue weighted by atomic mass is 32.2. The summed E-state index contributed by atoms with van der Waals surface area (Å²) in [5.74, 6) is 0.322. The summed E-state index contributed by atoms with van der Waals surface area (Å²) in [5, 5.41) is 3.06. The van der Waals surface area contributed by atoms with Crippen LogP contribution in [-0.2, 0) is 19.1 Å². The molecule has 1 N–H and O–H groups in total. The van der Waals surface area contributed by atoms with E-state index in [0.717, 1.165) is 38.6 Å². The van der Waals surface area contributed by atoms with E-state index in [1.807, 2.05) is 0 Å². The molecule has 1 aliphatic rings. The molecular formula is C27H49NO5S. The minimum Gasteiger partial charge on any atom is -0.465 e. The highest BCUT2D eigenvalue weighted by Crippen LogP contribution is 2.27. The largest absolute Gasteiger partial charge is 0.465 e. The molecule has 1 aliphatic heterocycles. The first-order chi connectivity index (χ1) is 16.6. The number of ether oxygens (including phenoxy) is 2. The minimum absolute atomic E-state index is 0.000384. The number of hydrogen-bond acceptors (Lipinski definition) is 6. The predicted octanol–water partition coefficient (Wildman–Crippen LogP) is 6.98. The fraction of sp³-hybridized carbons (Fsp3) is 0.889. The van der Waals surface area contributed by atoms with Gasteiger partial charge in [-0.25, -0.2) is 0 Å². The summed E-state index contributed by atoms with van der Waals surface area (Å²) in [6, 6.07) is 0. The Morgan fingerprint density at radius 3 is 1.94 bits per heavy atom. The second-order valence-corrected chi connectivity index (χ2v) is 10.8. The van der Waals surface area contributed by atoms with E-state index in [1.165, 1.54) is 95.2 Å². The van der Waals surface area contributed by atoms with Gasteiger partial charge < -0.3 is 19.6 Å². The van der Waals surface area contributed by atoms with Gasteiger partial charge in [0.15, 0.2) is 0 Å². The van der Waals surface area contributed by atoms with Crippen LogP contribution in [0.25, 0.3) is 0 Å². The van der Waals surface area contributed by atoms with Gasteiger partial charge in [-0.15, -0.1) is 0 Å². The molecule has 0 aromatic carbocycles. The summed E-state index contributed by atoms with van der Waals surface area (Å²) in [5.41, 5.74) is 0. The zero-order chi connectivity index (χ0) is 24.7. The summed E-state index contributed by atoms with van der Waals surface area (Å²) < 4.78 is 10.5. The summed E-state index contributed by atoms with van der Waals surface area (Å²) in [4.78, 5) is 33.5. The quantitative estimate of drug-likeness (QED) is 0.128. The zero-order valence-corrected chi connectivity index (χ0v) is 22.3. The number of carbonyl (C=O) groups is 3. The molecular weight excluding hydrogens is 450 g/mol. The van der Waals surface area contributed by atoms with E-state index in [2.05, 4.69) is 5.32 Å². The van der Waals surface area contributed by atoms with E-state index >= 15 is 0 Å². The van der Waals surface area contributed by atoms with Crippen molar-refractivity contribution in [1.29, 1.82) is 0 Å². The molecule has 1 saturated heterocycles.